The molecule has 2 amide bonds. The Balaban J connectivity index is 1.71. The molecule has 0 N–H and O–H groups in total. The first-order chi connectivity index (χ1) is 9.70. The lowest BCUT2D eigenvalue weighted by molar-refractivity contribution is -0.138. The molecule has 3 rings (SSSR count). The number of aromatic nitrogens is 1. The Bertz CT molecular complexity index is 526. The van der Waals surface area contributed by atoms with E-state index in [0.29, 0.717) is 19.6 Å². The summed E-state index contributed by atoms with van der Waals surface area (Å²) < 4.78 is 4.90. The molecule has 0 unspecified atom stereocenters. The first-order valence-corrected chi connectivity index (χ1v) is 6.80. The monoisotopic (exact) mass is 275 g/mol. The van der Waals surface area contributed by atoms with Gasteiger partial charge in [-0.1, -0.05) is 11.2 Å². The molecule has 106 valence electrons. The van der Waals surface area contributed by atoms with Crippen LogP contribution in [-0.2, 0) is 4.79 Å². The Hall–Kier alpha value is -2.11. The minimum atomic E-state index is -0.181. The van der Waals surface area contributed by atoms with Gasteiger partial charge in [0.2, 0.25) is 11.7 Å². The maximum absolute atomic E-state index is 12.4. The molecule has 0 aromatic carbocycles. The van der Waals surface area contributed by atoms with Crippen LogP contribution in [0, 0.1) is 11.8 Å². The molecule has 0 aliphatic carbocycles. The number of carbonyl (C=O) groups is 2. The number of nitrogens with zero attached hydrogens (tertiary/aromatic N) is 3. The number of piperidine rings is 1. The fraction of sp³-hybridized carbons (Fsp3) is 0.500. The first-order valence-electron chi connectivity index (χ1n) is 6.80. The molecule has 0 bridgehead atoms. The van der Waals surface area contributed by atoms with Gasteiger partial charge in [-0.15, -0.1) is 6.58 Å². The second-order valence-corrected chi connectivity index (χ2v) is 5.31. The average molecular weight is 275 g/mol. The lowest BCUT2D eigenvalue weighted by Crippen LogP contribution is -2.45. The second kappa shape index (κ2) is 5.11. The van der Waals surface area contributed by atoms with Crippen molar-refractivity contribution in [2.45, 2.75) is 6.42 Å². The van der Waals surface area contributed by atoms with Crippen molar-refractivity contribution >= 4 is 11.8 Å². The largest absolute Gasteiger partial charge is 0.351 e. The molecule has 0 saturated carbocycles. The summed E-state index contributed by atoms with van der Waals surface area (Å²) in [5, 5.41) is 3.55. The Labute approximate surface area is 117 Å². The van der Waals surface area contributed by atoms with Crippen molar-refractivity contribution in [1.29, 1.82) is 0 Å². The summed E-state index contributed by atoms with van der Waals surface area (Å²) in [4.78, 5) is 28.1. The van der Waals surface area contributed by atoms with Crippen LogP contribution in [0.4, 0.5) is 0 Å². The zero-order chi connectivity index (χ0) is 14.1. The van der Waals surface area contributed by atoms with Crippen LogP contribution in [0.1, 0.15) is 17.0 Å². The van der Waals surface area contributed by atoms with Gasteiger partial charge in [0.15, 0.2) is 0 Å². The minimum Gasteiger partial charge on any atom is -0.351 e. The lowest BCUT2D eigenvalue weighted by atomic mass is 9.88. The lowest BCUT2D eigenvalue weighted by Gasteiger charge is -2.32. The quantitative estimate of drug-likeness (QED) is 0.765. The van der Waals surface area contributed by atoms with Crippen LogP contribution in [0.2, 0.25) is 0 Å². The van der Waals surface area contributed by atoms with E-state index in [1.165, 1.54) is 6.20 Å². The maximum Gasteiger partial charge on any atom is 0.292 e. The van der Waals surface area contributed by atoms with Crippen LogP contribution in [0.25, 0.3) is 0 Å². The highest BCUT2D eigenvalue weighted by molar-refractivity contribution is 5.92. The average Bonchev–Trinajstić information content (AvgIpc) is 3.10. The number of carbonyl (C=O) groups excluding carboxylic acids is 2. The van der Waals surface area contributed by atoms with Crippen molar-refractivity contribution in [1.82, 2.24) is 15.0 Å². The third kappa shape index (κ3) is 2.11. The highest BCUT2D eigenvalue weighted by Crippen LogP contribution is 2.32. The van der Waals surface area contributed by atoms with Crippen LogP contribution in [-0.4, -0.2) is 52.9 Å². The van der Waals surface area contributed by atoms with E-state index < -0.39 is 0 Å². The molecule has 20 heavy (non-hydrogen) atoms. The summed E-state index contributed by atoms with van der Waals surface area (Å²) in [6, 6.07) is 1.55. The predicted molar refractivity (Wildman–Crippen MR) is 70.8 cm³/mol. The molecule has 2 aliphatic rings. The summed E-state index contributed by atoms with van der Waals surface area (Å²) in [5.74, 6) is 0.360. The van der Waals surface area contributed by atoms with E-state index in [0.717, 1.165) is 13.0 Å². The fourth-order valence-corrected chi connectivity index (χ4v) is 3.09. The second-order valence-electron chi connectivity index (χ2n) is 5.31. The zero-order valence-electron chi connectivity index (χ0n) is 11.2. The molecule has 6 heteroatoms. The van der Waals surface area contributed by atoms with E-state index >= 15 is 0 Å². The molecule has 2 fully saturated rings. The smallest absolute Gasteiger partial charge is 0.292 e. The van der Waals surface area contributed by atoms with E-state index in [1.807, 2.05) is 4.90 Å². The van der Waals surface area contributed by atoms with Crippen molar-refractivity contribution in [2.24, 2.45) is 11.8 Å². The molecule has 1 aromatic heterocycles. The van der Waals surface area contributed by atoms with Gasteiger partial charge in [0.05, 0.1) is 12.1 Å². The standard InChI is InChI=1S/C14H17N3O3/c1-2-6-16-7-4-10-8-17(9-11(10)13(16)18)14(19)12-3-5-15-20-12/h2-3,5,10-11H,1,4,6-9H2/t10-,11+/m1/s1. The third-order valence-electron chi connectivity index (χ3n) is 4.12. The molecule has 6 nitrogen and oxygen atoms in total. The van der Waals surface area contributed by atoms with E-state index in [-0.39, 0.29) is 29.4 Å². The molecule has 0 spiro atoms. The molecule has 2 aliphatic heterocycles. The van der Waals surface area contributed by atoms with Gasteiger partial charge in [-0.05, 0) is 12.3 Å². The summed E-state index contributed by atoms with van der Waals surface area (Å²) in [5.41, 5.74) is 0. The van der Waals surface area contributed by atoms with Gasteiger partial charge in [0.1, 0.15) is 0 Å². The van der Waals surface area contributed by atoms with Crippen LogP contribution >= 0.6 is 0 Å². The van der Waals surface area contributed by atoms with Gasteiger partial charge in [0, 0.05) is 32.2 Å². The SMILES string of the molecule is C=CCN1CC[C@@H]2CN(C(=O)c3ccno3)C[C@@H]2C1=O. The van der Waals surface area contributed by atoms with Gasteiger partial charge >= 0.3 is 0 Å². The molecule has 3 heterocycles. The normalized spacial score (nSPS) is 25.7. The maximum atomic E-state index is 12.4. The zero-order valence-corrected chi connectivity index (χ0v) is 11.2. The van der Waals surface area contributed by atoms with Crippen molar-refractivity contribution in [3.05, 3.63) is 30.7 Å². The summed E-state index contributed by atoms with van der Waals surface area (Å²) >= 11 is 0. The predicted octanol–water partition coefficient (Wildman–Crippen LogP) is 0.781. The molecular formula is C14H17N3O3. The number of likely N-dealkylation sites (tertiary alicyclic amines) is 2. The van der Waals surface area contributed by atoms with Gasteiger partial charge < -0.3 is 14.3 Å². The number of hydrogen-bond acceptors (Lipinski definition) is 4. The highest BCUT2D eigenvalue weighted by atomic mass is 16.5. The number of fused-ring (bicyclic) bond motifs is 1. The van der Waals surface area contributed by atoms with Crippen LogP contribution in [0.3, 0.4) is 0 Å². The van der Waals surface area contributed by atoms with Crippen molar-refractivity contribution in [2.75, 3.05) is 26.2 Å². The number of rotatable bonds is 3. The van der Waals surface area contributed by atoms with Gasteiger partial charge in [0.25, 0.3) is 5.91 Å². The molecule has 1 aromatic rings. The molecule has 0 radical (unpaired) electrons. The Morgan fingerprint density at radius 1 is 1.55 bits per heavy atom. The van der Waals surface area contributed by atoms with Crippen molar-refractivity contribution < 1.29 is 14.1 Å². The first kappa shape index (κ1) is 12.9. The van der Waals surface area contributed by atoms with Crippen LogP contribution < -0.4 is 0 Å². The topological polar surface area (TPSA) is 66.7 Å². The van der Waals surface area contributed by atoms with E-state index in [9.17, 15) is 9.59 Å². The van der Waals surface area contributed by atoms with E-state index in [2.05, 4.69) is 11.7 Å². The molecule has 2 atom stereocenters. The fourth-order valence-electron chi connectivity index (χ4n) is 3.09. The summed E-state index contributed by atoms with van der Waals surface area (Å²) in [6.45, 7) is 6.09. The summed E-state index contributed by atoms with van der Waals surface area (Å²) in [6.07, 6.45) is 4.13. The van der Waals surface area contributed by atoms with E-state index in [4.69, 9.17) is 4.52 Å². The van der Waals surface area contributed by atoms with Gasteiger partial charge in [-0.3, -0.25) is 9.59 Å². The van der Waals surface area contributed by atoms with Crippen LogP contribution in [0.5, 0.6) is 0 Å². The van der Waals surface area contributed by atoms with Crippen molar-refractivity contribution in [3.8, 4) is 0 Å². The number of hydrogen-bond donors (Lipinski definition) is 0. The molecule has 2 saturated heterocycles. The summed E-state index contributed by atoms with van der Waals surface area (Å²) in [7, 11) is 0. The Morgan fingerprint density at radius 2 is 2.40 bits per heavy atom. The van der Waals surface area contributed by atoms with E-state index in [1.54, 1.807) is 17.0 Å². The number of amides is 2. The highest BCUT2D eigenvalue weighted by Gasteiger charge is 2.44. The third-order valence-corrected chi connectivity index (χ3v) is 4.12. The molecular weight excluding hydrogens is 258 g/mol. The van der Waals surface area contributed by atoms with Gasteiger partial charge in [-0.25, -0.2) is 0 Å². The van der Waals surface area contributed by atoms with Crippen molar-refractivity contribution in [3.63, 3.8) is 0 Å². The van der Waals surface area contributed by atoms with Crippen LogP contribution in [0.15, 0.2) is 29.4 Å². The Kier molecular flexibility index (Phi) is 3.30. The minimum absolute atomic E-state index is 0.0874. The Morgan fingerprint density at radius 3 is 3.10 bits per heavy atom. The van der Waals surface area contributed by atoms with Gasteiger partial charge in [-0.2, -0.15) is 0 Å².